The van der Waals surface area contributed by atoms with Gasteiger partial charge in [-0.25, -0.2) is 9.78 Å². The summed E-state index contributed by atoms with van der Waals surface area (Å²) in [6.45, 7) is 12.6. The van der Waals surface area contributed by atoms with Crippen LogP contribution in [0.3, 0.4) is 0 Å². The monoisotopic (exact) mass is 339 g/mol. The van der Waals surface area contributed by atoms with E-state index in [9.17, 15) is 9.59 Å². The Bertz CT molecular complexity index is 604. The zero-order valence-corrected chi connectivity index (χ0v) is 15.4. The maximum atomic E-state index is 12.7. The van der Waals surface area contributed by atoms with Crippen LogP contribution < -0.4 is 5.32 Å². The van der Waals surface area contributed by atoms with Crippen molar-refractivity contribution in [1.29, 1.82) is 0 Å². The summed E-state index contributed by atoms with van der Waals surface area (Å²) in [6, 6.07) is 0. The van der Waals surface area contributed by atoms with Crippen molar-refractivity contribution in [2.24, 2.45) is 5.41 Å². The molecule has 1 N–H and O–H groups in total. The van der Waals surface area contributed by atoms with Gasteiger partial charge in [0.2, 0.25) is 5.91 Å². The number of hydrogen-bond donors (Lipinski definition) is 1. The van der Waals surface area contributed by atoms with Gasteiger partial charge in [-0.15, -0.1) is 11.3 Å². The molecule has 1 fully saturated rings. The number of rotatable bonds is 4. The van der Waals surface area contributed by atoms with Gasteiger partial charge in [0.15, 0.2) is 0 Å². The number of esters is 1. The Labute approximate surface area is 141 Å². The third-order valence-corrected chi connectivity index (χ3v) is 4.39. The second kappa shape index (κ2) is 6.20. The third-order valence-electron chi connectivity index (χ3n) is 3.56. The summed E-state index contributed by atoms with van der Waals surface area (Å²) in [6.07, 6.45) is -0.414. The quantitative estimate of drug-likeness (QED) is 0.854. The molecule has 6 nitrogen and oxygen atoms in total. The van der Waals surface area contributed by atoms with Crippen molar-refractivity contribution in [3.05, 3.63) is 16.1 Å². The van der Waals surface area contributed by atoms with Crippen LogP contribution in [0.1, 0.15) is 63.1 Å². The minimum absolute atomic E-state index is 0.0141. The van der Waals surface area contributed by atoms with Gasteiger partial charge in [-0.1, -0.05) is 20.8 Å². The van der Waals surface area contributed by atoms with Crippen molar-refractivity contribution in [3.8, 4) is 0 Å². The highest BCUT2D eigenvalue weighted by Crippen LogP contribution is 2.35. The van der Waals surface area contributed by atoms with E-state index in [4.69, 9.17) is 4.74 Å². The highest BCUT2D eigenvalue weighted by atomic mass is 32.1. The molecule has 7 heteroatoms. The van der Waals surface area contributed by atoms with Gasteiger partial charge in [-0.3, -0.25) is 10.1 Å². The van der Waals surface area contributed by atoms with Crippen molar-refractivity contribution in [1.82, 2.24) is 15.2 Å². The molecule has 23 heavy (non-hydrogen) atoms. The van der Waals surface area contributed by atoms with Gasteiger partial charge in [0, 0.05) is 6.54 Å². The first-order chi connectivity index (χ1) is 10.6. The average Bonchev–Trinajstić information content (AvgIpc) is 2.96. The smallest absolute Gasteiger partial charge is 0.350 e. The second-order valence-corrected chi connectivity index (χ2v) is 8.31. The standard InChI is InChI=1S/C16H25N3O3S/c1-7-22-13(20)11-10(17-9-23-11)12-18-16(5,6)14(21)19(12)8-15(2,3)4/h9,12,18H,7-8H2,1-6H3. The Balaban J connectivity index is 2.38. The minimum atomic E-state index is -0.689. The molecule has 0 aliphatic carbocycles. The summed E-state index contributed by atoms with van der Waals surface area (Å²) in [5.41, 5.74) is 1.44. The summed E-state index contributed by atoms with van der Waals surface area (Å²) in [5, 5.41) is 3.31. The predicted molar refractivity (Wildman–Crippen MR) is 89.2 cm³/mol. The molecular formula is C16H25N3O3S. The molecule has 2 rings (SSSR count). The summed E-state index contributed by atoms with van der Waals surface area (Å²) in [4.78, 5) is 31.4. The molecule has 0 saturated carbocycles. The van der Waals surface area contributed by atoms with Gasteiger partial charge in [-0.2, -0.15) is 0 Å². The number of nitrogens with zero attached hydrogens (tertiary/aromatic N) is 2. The Hall–Kier alpha value is -1.47. The molecule has 0 spiro atoms. The Morgan fingerprint density at radius 1 is 1.48 bits per heavy atom. The SMILES string of the molecule is CCOC(=O)c1scnc1C1NC(C)(C)C(=O)N1CC(C)(C)C. The molecular weight excluding hydrogens is 314 g/mol. The lowest BCUT2D eigenvalue weighted by Gasteiger charge is -2.30. The molecule has 1 aliphatic rings. The molecule has 1 aromatic heterocycles. The molecule has 0 bridgehead atoms. The summed E-state index contributed by atoms with van der Waals surface area (Å²) >= 11 is 1.24. The lowest BCUT2D eigenvalue weighted by atomic mass is 9.95. The average molecular weight is 339 g/mol. The summed E-state index contributed by atoms with van der Waals surface area (Å²) in [5.74, 6) is -0.375. The Kier molecular flexibility index (Phi) is 4.82. The van der Waals surface area contributed by atoms with Crippen LogP contribution in [0.15, 0.2) is 5.51 Å². The fourth-order valence-electron chi connectivity index (χ4n) is 2.65. The van der Waals surface area contributed by atoms with E-state index in [2.05, 4.69) is 31.1 Å². The molecule has 1 aromatic rings. The Morgan fingerprint density at radius 2 is 2.13 bits per heavy atom. The van der Waals surface area contributed by atoms with Crippen LogP contribution in [0.25, 0.3) is 0 Å². The highest BCUT2D eigenvalue weighted by Gasteiger charge is 2.48. The van der Waals surface area contributed by atoms with E-state index in [0.717, 1.165) is 0 Å². The van der Waals surface area contributed by atoms with E-state index in [1.54, 1.807) is 17.3 Å². The lowest BCUT2D eigenvalue weighted by Crippen LogP contribution is -2.41. The van der Waals surface area contributed by atoms with Crippen LogP contribution in [0.5, 0.6) is 0 Å². The molecule has 1 amide bonds. The van der Waals surface area contributed by atoms with Crippen molar-refractivity contribution >= 4 is 23.2 Å². The molecule has 1 atom stereocenters. The van der Waals surface area contributed by atoms with Crippen LogP contribution in [-0.2, 0) is 9.53 Å². The second-order valence-electron chi connectivity index (χ2n) is 7.45. The van der Waals surface area contributed by atoms with E-state index < -0.39 is 11.7 Å². The molecule has 128 valence electrons. The molecule has 1 saturated heterocycles. The number of hydrogen-bond acceptors (Lipinski definition) is 6. The van der Waals surface area contributed by atoms with Gasteiger partial charge in [0.25, 0.3) is 0 Å². The maximum absolute atomic E-state index is 12.7. The van der Waals surface area contributed by atoms with Crippen LogP contribution in [0.4, 0.5) is 0 Å². The largest absolute Gasteiger partial charge is 0.462 e. The highest BCUT2D eigenvalue weighted by molar-refractivity contribution is 7.11. The van der Waals surface area contributed by atoms with E-state index in [0.29, 0.717) is 23.7 Å². The zero-order valence-electron chi connectivity index (χ0n) is 14.6. The van der Waals surface area contributed by atoms with Crippen LogP contribution in [0, 0.1) is 5.41 Å². The molecule has 0 aromatic carbocycles. The molecule has 1 aliphatic heterocycles. The van der Waals surface area contributed by atoms with Gasteiger partial charge >= 0.3 is 5.97 Å². The predicted octanol–water partition coefficient (Wildman–Crippen LogP) is 2.57. The summed E-state index contributed by atoms with van der Waals surface area (Å²) in [7, 11) is 0. The van der Waals surface area contributed by atoms with E-state index in [1.165, 1.54) is 11.3 Å². The van der Waals surface area contributed by atoms with Crippen molar-refractivity contribution in [3.63, 3.8) is 0 Å². The number of amides is 1. The number of carbonyl (C=O) groups excluding carboxylic acids is 2. The number of nitrogens with one attached hydrogen (secondary N) is 1. The first kappa shape index (κ1) is 17.9. The van der Waals surface area contributed by atoms with Gasteiger partial charge in [0.1, 0.15) is 16.7 Å². The van der Waals surface area contributed by atoms with E-state index >= 15 is 0 Å². The van der Waals surface area contributed by atoms with Crippen molar-refractivity contribution in [2.45, 2.75) is 53.2 Å². The fraction of sp³-hybridized carbons (Fsp3) is 0.688. The summed E-state index contributed by atoms with van der Waals surface area (Å²) < 4.78 is 5.10. The number of carbonyl (C=O) groups is 2. The zero-order chi connectivity index (χ0) is 17.4. The van der Waals surface area contributed by atoms with Gasteiger partial charge in [0.05, 0.1) is 17.7 Å². The maximum Gasteiger partial charge on any atom is 0.350 e. The molecule has 0 radical (unpaired) electrons. The normalized spacial score (nSPS) is 20.9. The lowest BCUT2D eigenvalue weighted by molar-refractivity contribution is -0.133. The van der Waals surface area contributed by atoms with Crippen LogP contribution in [-0.4, -0.2) is 40.5 Å². The fourth-order valence-corrected chi connectivity index (χ4v) is 3.36. The van der Waals surface area contributed by atoms with E-state index in [-0.39, 0.29) is 17.3 Å². The van der Waals surface area contributed by atoms with Crippen LogP contribution >= 0.6 is 11.3 Å². The molecule has 1 unspecified atom stereocenters. The Morgan fingerprint density at radius 3 is 2.70 bits per heavy atom. The first-order valence-corrected chi connectivity index (χ1v) is 8.64. The topological polar surface area (TPSA) is 71.5 Å². The van der Waals surface area contributed by atoms with E-state index in [1.807, 2.05) is 13.8 Å². The minimum Gasteiger partial charge on any atom is -0.462 e. The van der Waals surface area contributed by atoms with Crippen molar-refractivity contribution < 1.29 is 14.3 Å². The molecule has 2 heterocycles. The third kappa shape index (κ3) is 3.72. The number of thiazole rings is 1. The van der Waals surface area contributed by atoms with Gasteiger partial charge in [-0.05, 0) is 26.2 Å². The van der Waals surface area contributed by atoms with Crippen molar-refractivity contribution in [2.75, 3.05) is 13.2 Å². The van der Waals surface area contributed by atoms with Crippen LogP contribution in [0.2, 0.25) is 0 Å². The number of ether oxygens (including phenoxy) is 1. The number of aromatic nitrogens is 1. The van der Waals surface area contributed by atoms with Gasteiger partial charge < -0.3 is 9.64 Å². The first-order valence-electron chi connectivity index (χ1n) is 7.76.